The standard InChI is InChI=1S/C20H33N3O3.ClH/c1-21-20(24)14-18(17-6-4-3-5-7-17)15-23-10-8-19(16-23)22-9-11-26-13-12-25-2;/h3-7,18-19,22H,8-16H2,1-2H3,(H,21,24);1H/t18-,19+;/m1./s1. The number of rotatable bonds is 12. The minimum absolute atomic E-state index is 0. The summed E-state index contributed by atoms with van der Waals surface area (Å²) in [7, 11) is 3.39. The highest BCUT2D eigenvalue weighted by Crippen LogP contribution is 2.23. The highest BCUT2D eigenvalue weighted by Gasteiger charge is 2.25. The van der Waals surface area contributed by atoms with Crippen molar-refractivity contribution in [1.82, 2.24) is 15.5 Å². The van der Waals surface area contributed by atoms with E-state index in [1.807, 2.05) is 18.2 Å². The number of benzene rings is 1. The van der Waals surface area contributed by atoms with Gasteiger partial charge in [-0.3, -0.25) is 4.79 Å². The van der Waals surface area contributed by atoms with Crippen LogP contribution >= 0.6 is 12.4 Å². The third-order valence-electron chi connectivity index (χ3n) is 4.84. The average molecular weight is 400 g/mol. The Bertz CT molecular complexity index is 518. The lowest BCUT2D eigenvalue weighted by molar-refractivity contribution is -0.121. The molecular weight excluding hydrogens is 366 g/mol. The van der Waals surface area contributed by atoms with Gasteiger partial charge >= 0.3 is 0 Å². The van der Waals surface area contributed by atoms with Crippen LogP contribution in [0.3, 0.4) is 0 Å². The van der Waals surface area contributed by atoms with Crippen molar-refractivity contribution in [3.63, 3.8) is 0 Å². The highest BCUT2D eigenvalue weighted by atomic mass is 35.5. The molecule has 1 aliphatic heterocycles. The Morgan fingerprint density at radius 3 is 2.74 bits per heavy atom. The molecule has 6 nitrogen and oxygen atoms in total. The Hall–Kier alpha value is -1.18. The molecule has 27 heavy (non-hydrogen) atoms. The number of carbonyl (C=O) groups excluding carboxylic acids is 1. The molecule has 0 aliphatic carbocycles. The first kappa shape index (κ1) is 23.9. The summed E-state index contributed by atoms with van der Waals surface area (Å²) in [6.07, 6.45) is 1.67. The number of methoxy groups -OCH3 is 1. The molecule has 1 heterocycles. The normalized spacial score (nSPS) is 18.1. The zero-order valence-electron chi connectivity index (χ0n) is 16.5. The molecule has 7 heteroatoms. The van der Waals surface area contributed by atoms with Crippen molar-refractivity contribution in [2.45, 2.75) is 24.8 Å². The van der Waals surface area contributed by atoms with E-state index in [0.717, 1.165) is 32.6 Å². The van der Waals surface area contributed by atoms with Crippen LogP contribution in [0.1, 0.15) is 24.3 Å². The number of hydrogen-bond donors (Lipinski definition) is 2. The third kappa shape index (κ3) is 9.04. The second kappa shape index (κ2) is 13.9. The second-order valence-electron chi connectivity index (χ2n) is 6.79. The summed E-state index contributed by atoms with van der Waals surface area (Å²) in [5, 5.41) is 6.32. The van der Waals surface area contributed by atoms with Crippen molar-refractivity contribution < 1.29 is 14.3 Å². The van der Waals surface area contributed by atoms with Gasteiger partial charge in [0.1, 0.15) is 0 Å². The Labute approximate surface area is 169 Å². The summed E-state index contributed by atoms with van der Waals surface area (Å²) in [5.74, 6) is 0.327. The zero-order valence-corrected chi connectivity index (χ0v) is 17.3. The number of nitrogens with one attached hydrogen (secondary N) is 2. The van der Waals surface area contributed by atoms with Crippen LogP contribution in [0.25, 0.3) is 0 Å². The van der Waals surface area contributed by atoms with Crippen LogP contribution in [-0.4, -0.2) is 77.0 Å². The van der Waals surface area contributed by atoms with Crippen LogP contribution < -0.4 is 10.6 Å². The predicted molar refractivity (Wildman–Crippen MR) is 111 cm³/mol. The van der Waals surface area contributed by atoms with Crippen LogP contribution in [0, 0.1) is 0 Å². The molecule has 1 aromatic carbocycles. The number of nitrogens with zero attached hydrogens (tertiary/aromatic N) is 1. The summed E-state index contributed by atoms with van der Waals surface area (Å²) in [6, 6.07) is 10.9. The van der Waals surface area contributed by atoms with Crippen LogP contribution in [0.4, 0.5) is 0 Å². The number of amides is 1. The van der Waals surface area contributed by atoms with Crippen molar-refractivity contribution in [1.29, 1.82) is 0 Å². The maximum atomic E-state index is 11.9. The van der Waals surface area contributed by atoms with Crippen molar-refractivity contribution in [2.24, 2.45) is 0 Å². The molecule has 0 saturated carbocycles. The van der Waals surface area contributed by atoms with Crippen molar-refractivity contribution in [3.05, 3.63) is 35.9 Å². The van der Waals surface area contributed by atoms with Gasteiger partial charge in [0.15, 0.2) is 0 Å². The van der Waals surface area contributed by atoms with Gasteiger partial charge in [-0.1, -0.05) is 30.3 Å². The van der Waals surface area contributed by atoms with E-state index in [0.29, 0.717) is 32.3 Å². The monoisotopic (exact) mass is 399 g/mol. The predicted octanol–water partition coefficient (Wildman–Crippen LogP) is 1.66. The highest BCUT2D eigenvalue weighted by molar-refractivity contribution is 5.85. The minimum Gasteiger partial charge on any atom is -0.382 e. The SMILES string of the molecule is CNC(=O)C[C@H](CN1CC[C@H](NCCOCCOC)C1)c1ccccc1.Cl. The molecule has 0 aromatic heterocycles. The van der Waals surface area contributed by atoms with Gasteiger partial charge in [-0.15, -0.1) is 12.4 Å². The smallest absolute Gasteiger partial charge is 0.220 e. The quantitative estimate of drug-likeness (QED) is 0.523. The van der Waals surface area contributed by atoms with Gasteiger partial charge in [0.2, 0.25) is 5.91 Å². The van der Waals surface area contributed by atoms with E-state index < -0.39 is 0 Å². The van der Waals surface area contributed by atoms with E-state index in [1.165, 1.54) is 5.56 Å². The summed E-state index contributed by atoms with van der Waals surface area (Å²) in [4.78, 5) is 14.4. The van der Waals surface area contributed by atoms with Crippen molar-refractivity contribution >= 4 is 18.3 Å². The summed E-state index contributed by atoms with van der Waals surface area (Å²) < 4.78 is 10.5. The molecular formula is C20H34ClN3O3. The molecule has 2 rings (SSSR count). The maximum Gasteiger partial charge on any atom is 0.220 e. The first-order valence-corrected chi connectivity index (χ1v) is 9.51. The zero-order chi connectivity index (χ0) is 18.6. The van der Waals surface area contributed by atoms with E-state index in [1.54, 1.807) is 14.2 Å². The van der Waals surface area contributed by atoms with Crippen molar-refractivity contribution in [3.8, 4) is 0 Å². The summed E-state index contributed by atoms with van der Waals surface area (Å²) in [6.45, 7) is 5.87. The van der Waals surface area contributed by atoms with E-state index >= 15 is 0 Å². The van der Waals surface area contributed by atoms with Gasteiger partial charge < -0.3 is 25.0 Å². The minimum atomic E-state index is 0. The topological polar surface area (TPSA) is 62.8 Å². The number of likely N-dealkylation sites (tertiary alicyclic amines) is 1. The lowest BCUT2D eigenvalue weighted by atomic mass is 9.95. The van der Waals surface area contributed by atoms with Gasteiger partial charge in [-0.2, -0.15) is 0 Å². The lowest BCUT2D eigenvalue weighted by Crippen LogP contribution is -2.36. The Morgan fingerprint density at radius 1 is 1.26 bits per heavy atom. The fourth-order valence-electron chi connectivity index (χ4n) is 3.40. The van der Waals surface area contributed by atoms with Gasteiger partial charge in [-0.05, 0) is 18.5 Å². The van der Waals surface area contributed by atoms with Crippen LogP contribution in [-0.2, 0) is 14.3 Å². The second-order valence-corrected chi connectivity index (χ2v) is 6.79. The van der Waals surface area contributed by atoms with Gasteiger partial charge in [0.25, 0.3) is 0 Å². The third-order valence-corrected chi connectivity index (χ3v) is 4.84. The fraction of sp³-hybridized carbons (Fsp3) is 0.650. The first-order chi connectivity index (χ1) is 12.7. The van der Waals surface area contributed by atoms with Gasteiger partial charge in [-0.25, -0.2) is 0 Å². The molecule has 154 valence electrons. The van der Waals surface area contributed by atoms with Gasteiger partial charge in [0.05, 0.1) is 19.8 Å². The van der Waals surface area contributed by atoms with Gasteiger partial charge in [0, 0.05) is 52.2 Å². The number of halogens is 1. The summed E-state index contributed by atoms with van der Waals surface area (Å²) >= 11 is 0. The van der Waals surface area contributed by atoms with E-state index in [-0.39, 0.29) is 24.2 Å². The fourth-order valence-corrected chi connectivity index (χ4v) is 3.40. The molecule has 1 fully saturated rings. The molecule has 1 saturated heterocycles. The Balaban J connectivity index is 0.00000364. The van der Waals surface area contributed by atoms with E-state index in [4.69, 9.17) is 9.47 Å². The number of hydrogen-bond acceptors (Lipinski definition) is 5. The summed E-state index contributed by atoms with van der Waals surface area (Å²) in [5.41, 5.74) is 1.24. The lowest BCUT2D eigenvalue weighted by Gasteiger charge is -2.24. The van der Waals surface area contributed by atoms with E-state index in [9.17, 15) is 4.79 Å². The molecule has 0 unspecified atom stereocenters. The molecule has 0 bridgehead atoms. The average Bonchev–Trinajstić information content (AvgIpc) is 3.12. The Morgan fingerprint density at radius 2 is 2.04 bits per heavy atom. The molecule has 1 aromatic rings. The molecule has 0 spiro atoms. The van der Waals surface area contributed by atoms with Crippen molar-refractivity contribution in [2.75, 3.05) is 60.2 Å². The number of carbonyl (C=O) groups is 1. The largest absolute Gasteiger partial charge is 0.382 e. The van der Waals surface area contributed by atoms with Crippen LogP contribution in [0.5, 0.6) is 0 Å². The first-order valence-electron chi connectivity index (χ1n) is 9.51. The van der Waals surface area contributed by atoms with Crippen LogP contribution in [0.2, 0.25) is 0 Å². The molecule has 1 amide bonds. The van der Waals surface area contributed by atoms with Crippen LogP contribution in [0.15, 0.2) is 30.3 Å². The molecule has 2 N–H and O–H groups in total. The molecule has 1 aliphatic rings. The van der Waals surface area contributed by atoms with E-state index in [2.05, 4.69) is 27.7 Å². The maximum absolute atomic E-state index is 11.9. The number of ether oxygens (including phenoxy) is 2. The molecule has 0 radical (unpaired) electrons. The Kier molecular flexibility index (Phi) is 12.3. The molecule has 2 atom stereocenters.